The van der Waals surface area contributed by atoms with Gasteiger partial charge in [-0.3, -0.25) is 0 Å². The van der Waals surface area contributed by atoms with E-state index >= 15 is 0 Å². The van der Waals surface area contributed by atoms with Crippen molar-refractivity contribution in [3.63, 3.8) is 0 Å². The molecular formula is C22H25ClN3O3+. The smallest absolute Gasteiger partial charge is 0.262 e. The molecule has 2 aliphatic heterocycles. The zero-order valence-electron chi connectivity index (χ0n) is 16.4. The van der Waals surface area contributed by atoms with Gasteiger partial charge in [0.25, 0.3) is 5.88 Å². The summed E-state index contributed by atoms with van der Waals surface area (Å²) in [5.41, 5.74) is 7.99. The molecule has 6 nitrogen and oxygen atoms in total. The molecule has 1 unspecified atom stereocenters. The van der Waals surface area contributed by atoms with Crippen LogP contribution in [0, 0.1) is 0 Å². The summed E-state index contributed by atoms with van der Waals surface area (Å²) in [5, 5.41) is 0.672. The van der Waals surface area contributed by atoms with E-state index in [1.165, 1.54) is 0 Å². The van der Waals surface area contributed by atoms with E-state index < -0.39 is 0 Å². The third kappa shape index (κ3) is 4.02. The summed E-state index contributed by atoms with van der Waals surface area (Å²) in [7, 11) is 1.62. The fraction of sp³-hybridized carbons (Fsp3) is 0.318. The lowest BCUT2D eigenvalue weighted by molar-refractivity contribution is 0.135. The van der Waals surface area contributed by atoms with Crippen LogP contribution < -0.4 is 19.7 Å². The van der Waals surface area contributed by atoms with Gasteiger partial charge in [0.05, 0.1) is 20.3 Å². The van der Waals surface area contributed by atoms with Gasteiger partial charge in [0, 0.05) is 41.8 Å². The van der Waals surface area contributed by atoms with Crippen molar-refractivity contribution in [2.24, 2.45) is 5.73 Å². The van der Waals surface area contributed by atoms with Crippen LogP contribution in [-0.4, -0.2) is 44.5 Å². The lowest BCUT2D eigenvalue weighted by Crippen LogP contribution is -2.41. The van der Waals surface area contributed by atoms with Crippen LogP contribution in [0.5, 0.6) is 11.6 Å². The maximum Gasteiger partial charge on any atom is 0.262 e. The summed E-state index contributed by atoms with van der Waals surface area (Å²) < 4.78 is 17.4. The second kappa shape index (κ2) is 8.55. The molecule has 0 spiro atoms. The molecule has 7 heteroatoms. The van der Waals surface area contributed by atoms with Gasteiger partial charge in [-0.25, -0.2) is 4.48 Å². The molecule has 2 N–H and O–H groups in total. The summed E-state index contributed by atoms with van der Waals surface area (Å²) in [6, 6.07) is 11.7. The minimum absolute atomic E-state index is 0.0253. The highest BCUT2D eigenvalue weighted by atomic mass is 35.5. The number of halogens is 1. The number of aromatic nitrogens is 1. The molecule has 1 aromatic heterocycles. The van der Waals surface area contributed by atoms with E-state index in [0.29, 0.717) is 47.4 Å². The number of nitrogens with zero attached hydrogens (tertiary/aromatic N) is 2. The first-order valence-corrected chi connectivity index (χ1v) is 10.0. The maximum atomic E-state index is 6.32. The van der Waals surface area contributed by atoms with Gasteiger partial charge in [0.1, 0.15) is 24.5 Å². The van der Waals surface area contributed by atoms with Crippen molar-refractivity contribution in [1.29, 1.82) is 0 Å². The van der Waals surface area contributed by atoms with Crippen molar-refractivity contribution in [2.45, 2.75) is 12.5 Å². The predicted molar refractivity (Wildman–Crippen MR) is 115 cm³/mol. The maximum absolute atomic E-state index is 6.32. The van der Waals surface area contributed by atoms with E-state index in [-0.39, 0.29) is 6.10 Å². The van der Waals surface area contributed by atoms with Gasteiger partial charge in [-0.15, -0.1) is 0 Å². The van der Waals surface area contributed by atoms with E-state index in [2.05, 4.69) is 18.4 Å². The van der Waals surface area contributed by atoms with Crippen molar-refractivity contribution >= 4 is 23.1 Å². The molecule has 2 atom stereocenters. The summed E-state index contributed by atoms with van der Waals surface area (Å²) in [6.45, 7) is 2.39. The highest BCUT2D eigenvalue weighted by Gasteiger charge is 2.36. The van der Waals surface area contributed by atoms with E-state index in [9.17, 15) is 0 Å². The summed E-state index contributed by atoms with van der Waals surface area (Å²) in [6.07, 6.45) is 7.10. The van der Waals surface area contributed by atoms with Crippen LogP contribution in [0.15, 0.2) is 60.3 Å². The lowest BCUT2D eigenvalue weighted by atomic mass is 10.1. The molecule has 2 aromatic rings. The number of quaternary nitrogens is 1. The third-order valence-electron chi connectivity index (χ3n) is 5.22. The van der Waals surface area contributed by atoms with Crippen LogP contribution in [0.4, 0.5) is 11.5 Å². The molecule has 0 saturated carbocycles. The summed E-state index contributed by atoms with van der Waals surface area (Å²) in [5.74, 6) is 1.87. The van der Waals surface area contributed by atoms with Gasteiger partial charge in [-0.2, -0.15) is 4.98 Å². The Morgan fingerprint density at radius 2 is 2.21 bits per heavy atom. The molecule has 2 aliphatic rings. The number of rotatable bonds is 6. The standard InChI is InChI=1S/C22H25ClN3O3/c1-27-20-7-8-21(25-22(20)29-19-9-11-28-15-19)26(10-3-4-16(13-24)14-26)18-6-2-5-17(23)12-18/h2-8,12,14,19H,9-11,13,15,24H2,1H3/q+1/t19-,26?/m1/s1. The van der Waals surface area contributed by atoms with Crippen LogP contribution in [0.3, 0.4) is 0 Å². The molecule has 1 aromatic carbocycles. The average Bonchev–Trinajstić information content (AvgIpc) is 3.27. The molecule has 1 fully saturated rings. The van der Waals surface area contributed by atoms with Crippen LogP contribution in [0.1, 0.15) is 6.42 Å². The molecule has 1 saturated heterocycles. The Morgan fingerprint density at radius 1 is 1.31 bits per heavy atom. The molecule has 0 bridgehead atoms. The van der Waals surface area contributed by atoms with Gasteiger partial charge in [-0.05, 0) is 18.2 Å². The third-order valence-corrected chi connectivity index (χ3v) is 5.46. The Kier molecular flexibility index (Phi) is 5.87. The minimum atomic E-state index is -0.0253. The monoisotopic (exact) mass is 414 g/mol. The van der Waals surface area contributed by atoms with Crippen molar-refractivity contribution in [3.05, 3.63) is 65.3 Å². The van der Waals surface area contributed by atoms with Gasteiger partial charge in [0.15, 0.2) is 5.75 Å². The fourth-order valence-corrected chi connectivity index (χ4v) is 3.89. The molecular weight excluding hydrogens is 390 g/mol. The predicted octanol–water partition coefficient (Wildman–Crippen LogP) is 3.96. The van der Waals surface area contributed by atoms with E-state index in [4.69, 9.17) is 36.5 Å². The zero-order chi connectivity index (χ0) is 20.3. The normalized spacial score (nSPS) is 23.7. The quantitative estimate of drug-likeness (QED) is 0.724. The molecule has 0 radical (unpaired) electrons. The Morgan fingerprint density at radius 3 is 2.93 bits per heavy atom. The first kappa shape index (κ1) is 19.9. The van der Waals surface area contributed by atoms with Crippen molar-refractivity contribution in [2.75, 3.05) is 33.4 Å². The SMILES string of the molecule is COc1ccc([N+]2(c3cccc(Cl)c3)C=C(CN)C=CC2)nc1O[C@@H]1CCOC1. The van der Waals surface area contributed by atoms with Gasteiger partial charge < -0.3 is 19.9 Å². The molecule has 0 aliphatic carbocycles. The number of hydrogen-bond donors (Lipinski definition) is 1. The van der Waals surface area contributed by atoms with E-state index in [1.807, 2.05) is 36.4 Å². The summed E-state index contributed by atoms with van der Waals surface area (Å²) in [4.78, 5) is 4.88. The number of ether oxygens (including phenoxy) is 3. The van der Waals surface area contributed by atoms with Crippen LogP contribution >= 0.6 is 11.6 Å². The zero-order valence-corrected chi connectivity index (χ0v) is 17.1. The fourth-order valence-electron chi connectivity index (χ4n) is 3.71. The Bertz CT molecular complexity index is 941. The molecule has 152 valence electrons. The second-order valence-corrected chi connectivity index (χ2v) is 7.56. The molecule has 0 amide bonds. The van der Waals surface area contributed by atoms with Gasteiger partial charge in [0.2, 0.25) is 5.82 Å². The van der Waals surface area contributed by atoms with Gasteiger partial charge >= 0.3 is 0 Å². The molecule has 4 rings (SSSR count). The number of methoxy groups -OCH3 is 1. The van der Waals surface area contributed by atoms with Crippen LogP contribution in [-0.2, 0) is 4.74 Å². The Labute approximate surface area is 175 Å². The minimum Gasteiger partial charge on any atom is -0.491 e. The first-order valence-electron chi connectivity index (χ1n) is 9.67. The van der Waals surface area contributed by atoms with Crippen molar-refractivity contribution in [1.82, 2.24) is 9.47 Å². The number of hydrogen-bond acceptors (Lipinski definition) is 5. The highest BCUT2D eigenvalue weighted by Crippen LogP contribution is 2.40. The Hall–Kier alpha value is -2.38. The van der Waals surface area contributed by atoms with Crippen LogP contribution in [0.2, 0.25) is 5.02 Å². The van der Waals surface area contributed by atoms with Crippen molar-refractivity contribution < 1.29 is 14.2 Å². The first-order chi connectivity index (χ1) is 14.1. The average molecular weight is 415 g/mol. The van der Waals surface area contributed by atoms with Crippen LogP contribution in [0.25, 0.3) is 0 Å². The molecule has 29 heavy (non-hydrogen) atoms. The largest absolute Gasteiger partial charge is 0.491 e. The topological polar surface area (TPSA) is 66.6 Å². The summed E-state index contributed by atoms with van der Waals surface area (Å²) >= 11 is 6.32. The number of nitrogens with two attached hydrogens (primary N) is 1. The Balaban J connectivity index is 1.82. The molecule has 3 heterocycles. The van der Waals surface area contributed by atoms with Crippen molar-refractivity contribution in [3.8, 4) is 11.6 Å². The highest BCUT2D eigenvalue weighted by molar-refractivity contribution is 6.30. The number of benzene rings is 1. The lowest BCUT2D eigenvalue weighted by Gasteiger charge is -2.34. The van der Waals surface area contributed by atoms with E-state index in [1.54, 1.807) is 7.11 Å². The van der Waals surface area contributed by atoms with Gasteiger partial charge in [-0.1, -0.05) is 23.7 Å². The van der Waals surface area contributed by atoms with E-state index in [0.717, 1.165) is 23.5 Å². The second-order valence-electron chi connectivity index (χ2n) is 7.12. The number of pyridine rings is 1.